The molecule has 1 rings (SSSR count). The standard InChI is InChI=1S/C17H32N2O/c1-6-16(13(2)3)7-8-17(11-18)15(5)19-9-10-20-14(4)12-19/h7-8,11,13-16H,6,9-10,12,18H2,1-5H3/b8-7-,17-11+/t14-,15+,16?/m0/s1. The van der Waals surface area contributed by atoms with Crippen molar-refractivity contribution in [2.45, 2.75) is 53.2 Å². The normalized spacial score (nSPS) is 25.3. The van der Waals surface area contributed by atoms with E-state index in [0.29, 0.717) is 24.0 Å². The van der Waals surface area contributed by atoms with Gasteiger partial charge in [-0.15, -0.1) is 0 Å². The Balaban J connectivity index is 2.68. The number of nitrogens with zero attached hydrogens (tertiary/aromatic N) is 1. The first kappa shape index (κ1) is 17.3. The molecule has 1 unspecified atom stereocenters. The van der Waals surface area contributed by atoms with Crippen molar-refractivity contribution in [2.75, 3.05) is 19.7 Å². The molecule has 0 amide bonds. The van der Waals surface area contributed by atoms with Crippen LogP contribution in [0.3, 0.4) is 0 Å². The predicted molar refractivity (Wildman–Crippen MR) is 86.5 cm³/mol. The first-order chi connectivity index (χ1) is 9.49. The molecule has 3 atom stereocenters. The highest BCUT2D eigenvalue weighted by Crippen LogP contribution is 2.20. The quantitative estimate of drug-likeness (QED) is 0.760. The van der Waals surface area contributed by atoms with Crippen LogP contribution in [0.5, 0.6) is 0 Å². The summed E-state index contributed by atoms with van der Waals surface area (Å²) >= 11 is 0. The first-order valence-corrected chi connectivity index (χ1v) is 7.95. The van der Waals surface area contributed by atoms with E-state index in [0.717, 1.165) is 19.7 Å². The number of nitrogens with two attached hydrogens (primary N) is 1. The smallest absolute Gasteiger partial charge is 0.0674 e. The number of hydrogen-bond donors (Lipinski definition) is 1. The van der Waals surface area contributed by atoms with Gasteiger partial charge in [0, 0.05) is 19.1 Å². The van der Waals surface area contributed by atoms with Crippen molar-refractivity contribution in [3.8, 4) is 0 Å². The highest BCUT2D eigenvalue weighted by Gasteiger charge is 2.22. The Morgan fingerprint density at radius 2 is 2.10 bits per heavy atom. The van der Waals surface area contributed by atoms with Gasteiger partial charge < -0.3 is 10.5 Å². The van der Waals surface area contributed by atoms with Crippen molar-refractivity contribution in [3.63, 3.8) is 0 Å². The van der Waals surface area contributed by atoms with E-state index in [4.69, 9.17) is 10.5 Å². The number of allylic oxidation sites excluding steroid dienone is 1. The number of hydrogen-bond acceptors (Lipinski definition) is 3. The van der Waals surface area contributed by atoms with E-state index < -0.39 is 0 Å². The number of rotatable bonds is 6. The van der Waals surface area contributed by atoms with Crippen LogP contribution in [0, 0.1) is 11.8 Å². The molecule has 3 heteroatoms. The van der Waals surface area contributed by atoms with Gasteiger partial charge in [-0.05, 0) is 43.9 Å². The van der Waals surface area contributed by atoms with Gasteiger partial charge in [0.05, 0.1) is 12.7 Å². The fourth-order valence-corrected chi connectivity index (χ4v) is 2.81. The van der Waals surface area contributed by atoms with Crippen molar-refractivity contribution < 1.29 is 4.74 Å². The summed E-state index contributed by atoms with van der Waals surface area (Å²) in [6, 6.07) is 0.354. The summed E-state index contributed by atoms with van der Waals surface area (Å²) in [5.41, 5.74) is 7.05. The maximum Gasteiger partial charge on any atom is 0.0674 e. The summed E-state index contributed by atoms with van der Waals surface area (Å²) in [7, 11) is 0. The number of ether oxygens (including phenoxy) is 1. The maximum atomic E-state index is 5.85. The topological polar surface area (TPSA) is 38.5 Å². The van der Waals surface area contributed by atoms with Crippen LogP contribution in [0.15, 0.2) is 23.9 Å². The third kappa shape index (κ3) is 4.95. The van der Waals surface area contributed by atoms with Crippen molar-refractivity contribution in [1.29, 1.82) is 0 Å². The molecule has 20 heavy (non-hydrogen) atoms. The molecule has 0 spiro atoms. The molecule has 2 N–H and O–H groups in total. The molecule has 0 aliphatic carbocycles. The van der Waals surface area contributed by atoms with Crippen LogP contribution in [0.4, 0.5) is 0 Å². The van der Waals surface area contributed by atoms with Crippen molar-refractivity contribution in [1.82, 2.24) is 4.90 Å². The second-order valence-electron chi connectivity index (χ2n) is 6.19. The molecule has 0 saturated carbocycles. The average molecular weight is 280 g/mol. The van der Waals surface area contributed by atoms with E-state index in [1.54, 1.807) is 6.20 Å². The summed E-state index contributed by atoms with van der Waals surface area (Å²) in [5, 5.41) is 0. The third-order valence-corrected chi connectivity index (χ3v) is 4.36. The molecule has 0 aromatic heterocycles. The zero-order chi connectivity index (χ0) is 15.1. The predicted octanol–water partition coefficient (Wildman–Crippen LogP) is 3.18. The van der Waals surface area contributed by atoms with E-state index in [9.17, 15) is 0 Å². The minimum atomic E-state index is 0.313. The van der Waals surface area contributed by atoms with Gasteiger partial charge in [-0.1, -0.05) is 32.9 Å². The molecule has 0 aromatic rings. The Morgan fingerprint density at radius 1 is 1.40 bits per heavy atom. The Bertz CT molecular complexity index is 336. The molecule has 3 nitrogen and oxygen atoms in total. The molecule has 0 radical (unpaired) electrons. The first-order valence-electron chi connectivity index (χ1n) is 7.95. The molecule has 1 aliphatic heterocycles. The summed E-state index contributed by atoms with van der Waals surface area (Å²) in [6.07, 6.45) is 7.79. The average Bonchev–Trinajstić information content (AvgIpc) is 2.42. The van der Waals surface area contributed by atoms with E-state index in [1.807, 2.05) is 0 Å². The summed E-state index contributed by atoms with van der Waals surface area (Å²) < 4.78 is 5.61. The van der Waals surface area contributed by atoms with Gasteiger partial charge in [0.1, 0.15) is 0 Å². The Kier molecular flexibility index (Phi) is 7.31. The van der Waals surface area contributed by atoms with E-state index in [1.165, 1.54) is 12.0 Å². The van der Waals surface area contributed by atoms with Gasteiger partial charge in [0.25, 0.3) is 0 Å². The zero-order valence-electron chi connectivity index (χ0n) is 13.8. The van der Waals surface area contributed by atoms with E-state index in [2.05, 4.69) is 51.7 Å². The highest BCUT2D eigenvalue weighted by atomic mass is 16.5. The molecular weight excluding hydrogens is 248 g/mol. The minimum Gasteiger partial charge on any atom is -0.404 e. The lowest BCUT2D eigenvalue weighted by molar-refractivity contribution is -0.0262. The highest BCUT2D eigenvalue weighted by molar-refractivity contribution is 5.24. The molecule has 0 bridgehead atoms. The Labute approximate surface area is 124 Å². The van der Waals surface area contributed by atoms with Gasteiger partial charge in [-0.25, -0.2) is 0 Å². The Morgan fingerprint density at radius 3 is 2.60 bits per heavy atom. The lowest BCUT2D eigenvalue weighted by atomic mass is 9.92. The molecule has 0 aromatic carbocycles. The molecule has 116 valence electrons. The molecular formula is C17H32N2O. The van der Waals surface area contributed by atoms with Crippen molar-refractivity contribution >= 4 is 0 Å². The fourth-order valence-electron chi connectivity index (χ4n) is 2.81. The van der Waals surface area contributed by atoms with Crippen LogP contribution in [0.25, 0.3) is 0 Å². The minimum absolute atomic E-state index is 0.313. The third-order valence-electron chi connectivity index (χ3n) is 4.36. The van der Waals surface area contributed by atoms with Crippen LogP contribution in [0.2, 0.25) is 0 Å². The number of morpholine rings is 1. The van der Waals surface area contributed by atoms with Crippen LogP contribution in [-0.2, 0) is 4.74 Å². The van der Waals surface area contributed by atoms with Crippen LogP contribution in [0.1, 0.15) is 41.0 Å². The van der Waals surface area contributed by atoms with Gasteiger partial charge in [0.2, 0.25) is 0 Å². The van der Waals surface area contributed by atoms with Gasteiger partial charge >= 0.3 is 0 Å². The van der Waals surface area contributed by atoms with Gasteiger partial charge in [0.15, 0.2) is 0 Å². The largest absolute Gasteiger partial charge is 0.404 e. The molecule has 1 fully saturated rings. The van der Waals surface area contributed by atoms with Crippen molar-refractivity contribution in [3.05, 3.63) is 23.9 Å². The molecule has 1 heterocycles. The van der Waals surface area contributed by atoms with Crippen molar-refractivity contribution in [2.24, 2.45) is 17.6 Å². The van der Waals surface area contributed by atoms with Crippen LogP contribution >= 0.6 is 0 Å². The van der Waals surface area contributed by atoms with Crippen LogP contribution < -0.4 is 5.73 Å². The fraction of sp³-hybridized carbons (Fsp3) is 0.765. The second kappa shape index (κ2) is 8.48. The van der Waals surface area contributed by atoms with Gasteiger partial charge in [-0.2, -0.15) is 0 Å². The monoisotopic (exact) mass is 280 g/mol. The summed E-state index contributed by atoms with van der Waals surface area (Å²) in [6.45, 7) is 13.9. The second-order valence-corrected chi connectivity index (χ2v) is 6.19. The van der Waals surface area contributed by atoms with E-state index >= 15 is 0 Å². The lowest BCUT2D eigenvalue weighted by Crippen LogP contribution is -2.46. The van der Waals surface area contributed by atoms with E-state index in [-0.39, 0.29) is 0 Å². The lowest BCUT2D eigenvalue weighted by Gasteiger charge is -2.36. The Hall–Kier alpha value is -0.800. The maximum absolute atomic E-state index is 5.85. The summed E-state index contributed by atoms with van der Waals surface area (Å²) in [5.74, 6) is 1.30. The molecule has 1 saturated heterocycles. The summed E-state index contributed by atoms with van der Waals surface area (Å²) in [4.78, 5) is 2.45. The van der Waals surface area contributed by atoms with Gasteiger partial charge in [-0.3, -0.25) is 4.90 Å². The SMILES string of the molecule is CCC(/C=C\C(=C/N)[C@@H](C)N1CCO[C@@H](C)C1)C(C)C. The molecule has 1 aliphatic rings. The zero-order valence-corrected chi connectivity index (χ0v) is 13.8. The van der Waals surface area contributed by atoms with Crippen LogP contribution in [-0.4, -0.2) is 36.7 Å².